The molecule has 4 N–H and O–H groups in total. The quantitative estimate of drug-likeness (QED) is 0.355. The Labute approximate surface area is 73.1 Å². The van der Waals surface area contributed by atoms with Gasteiger partial charge >= 0.3 is 0 Å². The lowest BCUT2D eigenvalue weighted by atomic mass is 10.4. The minimum atomic E-state index is -1.59. The Morgan fingerprint density at radius 3 is 2.58 bits per heavy atom. The monoisotopic (exact) mass is 194 g/mol. The molecule has 0 aliphatic rings. The molecule has 6 heteroatoms. The standard InChI is InChI=1S/C6H15N2O3P/c1-5(2)8-12(11)7-3-6(10)4-9/h6-7,9-11H,3-4H2,1-2H3. The smallest absolute Gasteiger partial charge is 0.232 e. The summed E-state index contributed by atoms with van der Waals surface area (Å²) in [6.45, 7) is 3.38. The maximum atomic E-state index is 9.14. The van der Waals surface area contributed by atoms with Crippen LogP contribution >= 0.6 is 8.45 Å². The molecule has 12 heavy (non-hydrogen) atoms. The van der Waals surface area contributed by atoms with Crippen LogP contribution in [0, 0.1) is 0 Å². The third kappa shape index (κ3) is 6.64. The van der Waals surface area contributed by atoms with Gasteiger partial charge < -0.3 is 15.1 Å². The minimum Gasteiger partial charge on any atom is -0.394 e. The van der Waals surface area contributed by atoms with Crippen molar-refractivity contribution in [3.8, 4) is 0 Å². The summed E-state index contributed by atoms with van der Waals surface area (Å²) in [6.07, 6.45) is -0.838. The van der Waals surface area contributed by atoms with Crippen molar-refractivity contribution in [2.75, 3.05) is 13.2 Å². The first-order valence-corrected chi connectivity index (χ1v) is 4.84. The number of rotatable bonds is 5. The zero-order chi connectivity index (χ0) is 9.56. The molecule has 72 valence electrons. The summed E-state index contributed by atoms with van der Waals surface area (Å²) in [6, 6.07) is 0. The SMILES string of the molecule is CC(C)=NP(O)NCC(O)CO. The molecule has 0 aromatic rings. The molecule has 0 amide bonds. The molecule has 5 nitrogen and oxygen atoms in total. The second kappa shape index (κ2) is 6.46. The van der Waals surface area contributed by atoms with Crippen molar-refractivity contribution in [2.24, 2.45) is 4.76 Å². The maximum absolute atomic E-state index is 9.14. The van der Waals surface area contributed by atoms with Gasteiger partial charge in [-0.25, -0.2) is 4.76 Å². The summed E-state index contributed by atoms with van der Waals surface area (Å²) in [7, 11) is -1.59. The molecule has 0 aromatic carbocycles. The second-order valence-electron chi connectivity index (χ2n) is 2.54. The summed E-state index contributed by atoms with van der Waals surface area (Å²) in [5, 5.41) is 19.9. The molecule has 0 aliphatic heterocycles. The Morgan fingerprint density at radius 2 is 2.17 bits per heavy atom. The van der Waals surface area contributed by atoms with E-state index in [0.717, 1.165) is 5.71 Å². The first-order chi connectivity index (χ1) is 5.56. The largest absolute Gasteiger partial charge is 0.394 e. The van der Waals surface area contributed by atoms with Gasteiger partial charge in [-0.2, -0.15) is 0 Å². The molecule has 0 bridgehead atoms. The summed E-state index contributed by atoms with van der Waals surface area (Å²) < 4.78 is 3.82. The van der Waals surface area contributed by atoms with E-state index >= 15 is 0 Å². The average Bonchev–Trinajstić information content (AvgIpc) is 1.99. The third-order valence-electron chi connectivity index (χ3n) is 0.974. The van der Waals surface area contributed by atoms with Crippen molar-refractivity contribution in [1.82, 2.24) is 5.09 Å². The molecule has 0 aromatic heterocycles. The fraction of sp³-hybridized carbons (Fsp3) is 0.833. The lowest BCUT2D eigenvalue weighted by molar-refractivity contribution is 0.0986. The van der Waals surface area contributed by atoms with Gasteiger partial charge in [0.05, 0.1) is 12.7 Å². The van der Waals surface area contributed by atoms with E-state index in [4.69, 9.17) is 15.1 Å². The first kappa shape index (κ1) is 11.9. The predicted molar refractivity (Wildman–Crippen MR) is 49.0 cm³/mol. The molecule has 0 rings (SSSR count). The Balaban J connectivity index is 3.57. The van der Waals surface area contributed by atoms with Gasteiger partial charge in [0.1, 0.15) is 0 Å². The second-order valence-corrected chi connectivity index (χ2v) is 3.63. The summed E-state index contributed by atoms with van der Waals surface area (Å²) in [5.74, 6) is 0. The number of nitrogens with one attached hydrogen (secondary N) is 1. The zero-order valence-electron chi connectivity index (χ0n) is 7.23. The van der Waals surface area contributed by atoms with E-state index in [9.17, 15) is 0 Å². The van der Waals surface area contributed by atoms with E-state index in [1.54, 1.807) is 13.8 Å². The molecule has 0 heterocycles. The van der Waals surface area contributed by atoms with Crippen molar-refractivity contribution in [1.29, 1.82) is 0 Å². The van der Waals surface area contributed by atoms with Gasteiger partial charge in [-0.1, -0.05) is 0 Å². The van der Waals surface area contributed by atoms with Gasteiger partial charge in [-0.3, -0.25) is 5.09 Å². The summed E-state index contributed by atoms with van der Waals surface area (Å²) in [5.41, 5.74) is 0.773. The highest BCUT2D eigenvalue weighted by molar-refractivity contribution is 7.48. The van der Waals surface area contributed by atoms with Crippen LogP contribution in [0.3, 0.4) is 0 Å². The van der Waals surface area contributed by atoms with E-state index in [1.807, 2.05) is 0 Å². The van der Waals surface area contributed by atoms with Crippen LogP contribution in [0.2, 0.25) is 0 Å². The van der Waals surface area contributed by atoms with Gasteiger partial charge in [0.25, 0.3) is 0 Å². The number of aliphatic hydroxyl groups is 2. The number of hydrogen-bond donors (Lipinski definition) is 4. The molecule has 0 aliphatic carbocycles. The fourth-order valence-electron chi connectivity index (χ4n) is 0.476. The van der Waals surface area contributed by atoms with Crippen LogP contribution in [0.1, 0.15) is 13.8 Å². The van der Waals surface area contributed by atoms with E-state index in [-0.39, 0.29) is 13.2 Å². The molecule has 2 atom stereocenters. The van der Waals surface area contributed by atoms with Gasteiger partial charge in [0, 0.05) is 12.3 Å². The van der Waals surface area contributed by atoms with Crippen molar-refractivity contribution in [3.63, 3.8) is 0 Å². The van der Waals surface area contributed by atoms with Crippen LogP contribution in [-0.4, -0.2) is 40.1 Å². The summed E-state index contributed by atoms with van der Waals surface area (Å²) in [4.78, 5) is 9.14. The van der Waals surface area contributed by atoms with Crippen LogP contribution in [0.4, 0.5) is 0 Å². The first-order valence-electron chi connectivity index (χ1n) is 3.59. The highest BCUT2D eigenvalue weighted by atomic mass is 31.2. The third-order valence-corrected chi connectivity index (χ3v) is 2.03. The number of aliphatic hydroxyl groups excluding tert-OH is 2. The van der Waals surface area contributed by atoms with Crippen LogP contribution in [0.5, 0.6) is 0 Å². The van der Waals surface area contributed by atoms with E-state index < -0.39 is 14.6 Å². The number of nitrogens with zero attached hydrogens (tertiary/aromatic N) is 1. The topological polar surface area (TPSA) is 85.1 Å². The molecule has 0 radical (unpaired) electrons. The van der Waals surface area contributed by atoms with E-state index in [1.165, 1.54) is 0 Å². The molecule has 0 spiro atoms. The zero-order valence-corrected chi connectivity index (χ0v) is 8.12. The Bertz CT molecular complexity index is 150. The van der Waals surface area contributed by atoms with Crippen LogP contribution in [0.15, 0.2) is 4.76 Å². The van der Waals surface area contributed by atoms with Crippen molar-refractivity contribution >= 4 is 14.2 Å². The van der Waals surface area contributed by atoms with Crippen molar-refractivity contribution in [2.45, 2.75) is 20.0 Å². The van der Waals surface area contributed by atoms with Crippen LogP contribution < -0.4 is 5.09 Å². The van der Waals surface area contributed by atoms with Crippen LogP contribution in [0.25, 0.3) is 0 Å². The lowest BCUT2D eigenvalue weighted by Crippen LogP contribution is -2.25. The highest BCUT2D eigenvalue weighted by Crippen LogP contribution is 2.25. The normalized spacial score (nSPS) is 15.4. The number of hydrogen-bond acceptors (Lipinski definition) is 5. The maximum Gasteiger partial charge on any atom is 0.232 e. The Kier molecular flexibility index (Phi) is 6.42. The molecular weight excluding hydrogens is 179 g/mol. The van der Waals surface area contributed by atoms with Crippen LogP contribution in [-0.2, 0) is 0 Å². The predicted octanol–water partition coefficient (Wildman–Crippen LogP) is -0.371. The Hall–Kier alpha value is -0.0600. The Morgan fingerprint density at radius 1 is 1.58 bits per heavy atom. The van der Waals surface area contributed by atoms with Gasteiger partial charge in [-0.05, 0) is 13.8 Å². The van der Waals surface area contributed by atoms with Crippen molar-refractivity contribution in [3.05, 3.63) is 0 Å². The summed E-state index contributed by atoms with van der Waals surface area (Å²) >= 11 is 0. The lowest BCUT2D eigenvalue weighted by Gasteiger charge is -2.10. The minimum absolute atomic E-state index is 0.148. The van der Waals surface area contributed by atoms with E-state index in [0.29, 0.717) is 0 Å². The van der Waals surface area contributed by atoms with Gasteiger partial charge in [0.15, 0.2) is 0 Å². The fourth-order valence-corrected chi connectivity index (χ4v) is 1.30. The molecule has 2 unspecified atom stereocenters. The average molecular weight is 194 g/mol. The molecular formula is C6H15N2O3P. The highest BCUT2D eigenvalue weighted by Gasteiger charge is 2.05. The van der Waals surface area contributed by atoms with Gasteiger partial charge in [0.2, 0.25) is 8.45 Å². The molecule has 0 fully saturated rings. The molecule has 0 saturated heterocycles. The van der Waals surface area contributed by atoms with Crippen molar-refractivity contribution < 1.29 is 15.1 Å². The van der Waals surface area contributed by atoms with E-state index in [2.05, 4.69) is 9.85 Å². The molecule has 0 saturated carbocycles. The van der Waals surface area contributed by atoms with Gasteiger partial charge in [-0.15, -0.1) is 0 Å².